The van der Waals surface area contributed by atoms with Crippen molar-refractivity contribution in [3.63, 3.8) is 0 Å². The summed E-state index contributed by atoms with van der Waals surface area (Å²) in [6.07, 6.45) is 8.60. The zero-order chi connectivity index (χ0) is 11.6. The first-order chi connectivity index (χ1) is 7.86. The number of hydrogen-bond donors (Lipinski definition) is 2. The largest absolute Gasteiger partial charge is 0.385 e. The van der Waals surface area contributed by atoms with Crippen LogP contribution in [0.3, 0.4) is 0 Å². The molecule has 0 aliphatic carbocycles. The molecule has 1 aliphatic rings. The Bertz CT molecular complexity index is 161. The fourth-order valence-electron chi connectivity index (χ4n) is 2.21. The second-order valence-corrected chi connectivity index (χ2v) is 4.56. The van der Waals surface area contributed by atoms with Gasteiger partial charge in [-0.25, -0.2) is 0 Å². The van der Waals surface area contributed by atoms with Crippen molar-refractivity contribution < 1.29 is 9.47 Å². The van der Waals surface area contributed by atoms with Crippen LogP contribution in [0.2, 0.25) is 0 Å². The summed E-state index contributed by atoms with van der Waals surface area (Å²) >= 11 is 0. The summed E-state index contributed by atoms with van der Waals surface area (Å²) < 4.78 is 10.7. The van der Waals surface area contributed by atoms with Crippen LogP contribution in [0.25, 0.3) is 0 Å². The molecule has 96 valence electrons. The molecule has 0 radical (unpaired) electrons. The second kappa shape index (κ2) is 8.93. The molecule has 4 nitrogen and oxygen atoms in total. The molecule has 0 bridgehead atoms. The number of hydrogen-bond acceptors (Lipinski definition) is 4. The number of rotatable bonds is 8. The summed E-state index contributed by atoms with van der Waals surface area (Å²) in [7, 11) is 1.74. The minimum absolute atomic E-state index is 0.403. The summed E-state index contributed by atoms with van der Waals surface area (Å²) in [5.74, 6) is 5.54. The molecule has 2 atom stereocenters. The van der Waals surface area contributed by atoms with E-state index in [1.165, 1.54) is 19.3 Å². The Morgan fingerprint density at radius 2 is 2.31 bits per heavy atom. The molecule has 0 aromatic carbocycles. The van der Waals surface area contributed by atoms with Gasteiger partial charge >= 0.3 is 0 Å². The van der Waals surface area contributed by atoms with Gasteiger partial charge in [0.2, 0.25) is 0 Å². The van der Waals surface area contributed by atoms with Crippen molar-refractivity contribution in [1.82, 2.24) is 5.43 Å². The van der Waals surface area contributed by atoms with Crippen LogP contribution in [0.5, 0.6) is 0 Å². The van der Waals surface area contributed by atoms with Gasteiger partial charge in [0.25, 0.3) is 0 Å². The molecular weight excluding hydrogens is 204 g/mol. The summed E-state index contributed by atoms with van der Waals surface area (Å²) in [5, 5.41) is 0. The molecule has 3 N–H and O–H groups in total. The summed E-state index contributed by atoms with van der Waals surface area (Å²) in [4.78, 5) is 0. The quantitative estimate of drug-likeness (QED) is 0.378. The highest BCUT2D eigenvalue weighted by molar-refractivity contribution is 4.69. The predicted molar refractivity (Wildman–Crippen MR) is 65.0 cm³/mol. The molecule has 1 aliphatic heterocycles. The third-order valence-electron chi connectivity index (χ3n) is 3.25. The van der Waals surface area contributed by atoms with E-state index in [0.717, 1.165) is 38.9 Å². The molecule has 0 aromatic heterocycles. The van der Waals surface area contributed by atoms with Crippen LogP contribution in [0.1, 0.15) is 44.9 Å². The van der Waals surface area contributed by atoms with Crippen LogP contribution < -0.4 is 11.3 Å². The first kappa shape index (κ1) is 13.9. The number of hydrazine groups is 1. The highest BCUT2D eigenvalue weighted by atomic mass is 16.5. The van der Waals surface area contributed by atoms with Crippen molar-refractivity contribution in [3.8, 4) is 0 Å². The summed E-state index contributed by atoms with van der Waals surface area (Å²) in [6, 6.07) is 0.403. The van der Waals surface area contributed by atoms with E-state index >= 15 is 0 Å². The van der Waals surface area contributed by atoms with Crippen molar-refractivity contribution in [2.45, 2.75) is 57.1 Å². The third-order valence-corrected chi connectivity index (χ3v) is 3.25. The molecule has 1 heterocycles. The van der Waals surface area contributed by atoms with Gasteiger partial charge in [0.1, 0.15) is 0 Å². The highest BCUT2D eigenvalue weighted by Gasteiger charge is 2.15. The fourth-order valence-corrected chi connectivity index (χ4v) is 2.21. The maximum atomic E-state index is 5.71. The standard InChI is InChI=1S/C12H26N2O2/c1-15-9-4-5-11(14-13)7-8-12-6-2-3-10-16-12/h11-12,14H,2-10,13H2,1H3. The number of methoxy groups -OCH3 is 1. The Morgan fingerprint density at radius 1 is 1.44 bits per heavy atom. The van der Waals surface area contributed by atoms with Crippen LogP contribution in [0.4, 0.5) is 0 Å². The molecule has 2 unspecified atom stereocenters. The van der Waals surface area contributed by atoms with E-state index in [1.807, 2.05) is 0 Å². The normalized spacial score (nSPS) is 23.2. The molecule has 0 amide bonds. The Balaban J connectivity index is 2.07. The minimum Gasteiger partial charge on any atom is -0.385 e. The van der Waals surface area contributed by atoms with Gasteiger partial charge in [-0.2, -0.15) is 0 Å². The SMILES string of the molecule is COCCCC(CCC1CCCCO1)NN. The van der Waals surface area contributed by atoms with Gasteiger partial charge in [-0.05, 0) is 44.9 Å². The molecular formula is C12H26N2O2. The second-order valence-electron chi connectivity index (χ2n) is 4.56. The van der Waals surface area contributed by atoms with Crippen molar-refractivity contribution >= 4 is 0 Å². The Kier molecular flexibility index (Phi) is 7.76. The lowest BCUT2D eigenvalue weighted by Crippen LogP contribution is -2.36. The van der Waals surface area contributed by atoms with Crippen LogP contribution in [0, 0.1) is 0 Å². The predicted octanol–water partition coefficient (Wildman–Crippen LogP) is 1.59. The van der Waals surface area contributed by atoms with Gasteiger partial charge in [-0.15, -0.1) is 0 Å². The zero-order valence-corrected chi connectivity index (χ0v) is 10.4. The van der Waals surface area contributed by atoms with Gasteiger partial charge in [0.05, 0.1) is 6.10 Å². The van der Waals surface area contributed by atoms with Crippen LogP contribution in [0.15, 0.2) is 0 Å². The smallest absolute Gasteiger partial charge is 0.0575 e. The average Bonchev–Trinajstić information content (AvgIpc) is 2.35. The maximum Gasteiger partial charge on any atom is 0.0575 e. The van der Waals surface area contributed by atoms with Crippen LogP contribution >= 0.6 is 0 Å². The molecule has 0 aromatic rings. The lowest BCUT2D eigenvalue weighted by Gasteiger charge is -2.24. The van der Waals surface area contributed by atoms with E-state index in [-0.39, 0.29) is 0 Å². The third kappa shape index (κ3) is 5.80. The van der Waals surface area contributed by atoms with Gasteiger partial charge in [-0.1, -0.05) is 0 Å². The van der Waals surface area contributed by atoms with E-state index < -0.39 is 0 Å². The number of nitrogens with two attached hydrogens (primary N) is 1. The van der Waals surface area contributed by atoms with Gasteiger partial charge in [-0.3, -0.25) is 11.3 Å². The van der Waals surface area contributed by atoms with E-state index in [1.54, 1.807) is 7.11 Å². The van der Waals surface area contributed by atoms with E-state index in [2.05, 4.69) is 5.43 Å². The van der Waals surface area contributed by atoms with Crippen LogP contribution in [-0.4, -0.2) is 32.5 Å². The fraction of sp³-hybridized carbons (Fsp3) is 1.00. The van der Waals surface area contributed by atoms with Crippen LogP contribution in [-0.2, 0) is 9.47 Å². The molecule has 0 spiro atoms. The van der Waals surface area contributed by atoms with E-state index in [0.29, 0.717) is 12.1 Å². The molecule has 16 heavy (non-hydrogen) atoms. The average molecular weight is 230 g/mol. The lowest BCUT2D eigenvalue weighted by molar-refractivity contribution is 0.00832. The van der Waals surface area contributed by atoms with Gasteiger partial charge in [0, 0.05) is 26.4 Å². The molecule has 1 rings (SSSR count). The Labute approximate surface area is 98.8 Å². The van der Waals surface area contributed by atoms with E-state index in [4.69, 9.17) is 15.3 Å². The van der Waals surface area contributed by atoms with Crippen molar-refractivity contribution in [3.05, 3.63) is 0 Å². The Morgan fingerprint density at radius 3 is 2.94 bits per heavy atom. The topological polar surface area (TPSA) is 56.5 Å². The summed E-state index contributed by atoms with van der Waals surface area (Å²) in [6.45, 7) is 1.76. The molecule has 1 saturated heterocycles. The first-order valence-electron chi connectivity index (χ1n) is 6.43. The Hall–Kier alpha value is -0.160. The number of ether oxygens (including phenoxy) is 2. The highest BCUT2D eigenvalue weighted by Crippen LogP contribution is 2.18. The van der Waals surface area contributed by atoms with Crippen molar-refractivity contribution in [2.75, 3.05) is 20.3 Å². The zero-order valence-electron chi connectivity index (χ0n) is 10.4. The molecule has 0 saturated carbocycles. The number of nitrogens with one attached hydrogen (secondary N) is 1. The molecule has 1 fully saturated rings. The molecule has 4 heteroatoms. The maximum absolute atomic E-state index is 5.71. The van der Waals surface area contributed by atoms with Crippen molar-refractivity contribution in [2.24, 2.45) is 5.84 Å². The monoisotopic (exact) mass is 230 g/mol. The van der Waals surface area contributed by atoms with Gasteiger partial charge < -0.3 is 9.47 Å². The van der Waals surface area contributed by atoms with Crippen molar-refractivity contribution in [1.29, 1.82) is 0 Å². The van der Waals surface area contributed by atoms with Gasteiger partial charge in [0.15, 0.2) is 0 Å². The summed E-state index contributed by atoms with van der Waals surface area (Å²) in [5.41, 5.74) is 2.89. The minimum atomic E-state index is 0.403. The first-order valence-corrected chi connectivity index (χ1v) is 6.43. The lowest BCUT2D eigenvalue weighted by atomic mass is 10.00. The van der Waals surface area contributed by atoms with E-state index in [9.17, 15) is 0 Å².